The zero-order valence-electron chi connectivity index (χ0n) is 15.6. The lowest BCUT2D eigenvalue weighted by Gasteiger charge is -2.12. The minimum absolute atomic E-state index is 0. The van der Waals surface area contributed by atoms with Crippen LogP contribution in [0.2, 0.25) is 0 Å². The third-order valence-corrected chi connectivity index (χ3v) is 3.79. The molecule has 0 spiro atoms. The van der Waals surface area contributed by atoms with E-state index in [1.807, 2.05) is 16.9 Å². The van der Waals surface area contributed by atoms with Crippen LogP contribution in [0.3, 0.4) is 0 Å². The summed E-state index contributed by atoms with van der Waals surface area (Å²) >= 11 is 0. The minimum atomic E-state index is 0. The first-order valence-electron chi connectivity index (χ1n) is 8.94. The van der Waals surface area contributed by atoms with Crippen molar-refractivity contribution in [1.29, 1.82) is 0 Å². The Morgan fingerprint density at radius 2 is 1.92 bits per heavy atom. The van der Waals surface area contributed by atoms with Gasteiger partial charge >= 0.3 is 0 Å². The molecule has 0 fully saturated rings. The van der Waals surface area contributed by atoms with Gasteiger partial charge in [-0.25, -0.2) is 4.68 Å². The monoisotopic (exact) mass is 471 g/mol. The molecule has 2 aromatic rings. The first-order valence-corrected chi connectivity index (χ1v) is 8.94. The van der Waals surface area contributed by atoms with Crippen LogP contribution in [0.15, 0.2) is 47.7 Å². The van der Waals surface area contributed by atoms with Crippen molar-refractivity contribution in [2.24, 2.45) is 4.99 Å². The number of hydrogen-bond donors (Lipinski definition) is 2. The molecule has 0 bridgehead atoms. The van der Waals surface area contributed by atoms with Crippen LogP contribution in [0.4, 0.5) is 0 Å². The number of halogens is 1. The van der Waals surface area contributed by atoms with Gasteiger partial charge in [0.25, 0.3) is 0 Å². The Morgan fingerprint density at radius 1 is 1.15 bits per heavy atom. The molecule has 0 aliphatic rings. The van der Waals surface area contributed by atoms with E-state index in [0.29, 0.717) is 0 Å². The van der Waals surface area contributed by atoms with Crippen molar-refractivity contribution in [2.75, 3.05) is 26.8 Å². The zero-order valence-corrected chi connectivity index (χ0v) is 18.0. The summed E-state index contributed by atoms with van der Waals surface area (Å²) < 4.78 is 7.40. The third kappa shape index (κ3) is 8.18. The molecule has 6 nitrogen and oxygen atoms in total. The summed E-state index contributed by atoms with van der Waals surface area (Å²) in [5, 5.41) is 10.9. The summed E-state index contributed by atoms with van der Waals surface area (Å²) in [6.07, 6.45) is 7.00. The molecule has 0 atom stereocenters. The van der Waals surface area contributed by atoms with Crippen molar-refractivity contribution in [3.63, 3.8) is 0 Å². The molecule has 144 valence electrons. The fourth-order valence-electron chi connectivity index (χ4n) is 2.32. The van der Waals surface area contributed by atoms with Gasteiger partial charge in [-0.1, -0.05) is 25.5 Å². The summed E-state index contributed by atoms with van der Waals surface area (Å²) in [6.45, 7) is 5.40. The Kier molecular flexibility index (Phi) is 11.7. The fourth-order valence-corrected chi connectivity index (χ4v) is 2.32. The average Bonchev–Trinajstić information content (AvgIpc) is 3.18. The maximum absolute atomic E-state index is 5.55. The number of guanidine groups is 1. The summed E-state index contributed by atoms with van der Waals surface area (Å²) in [7, 11) is 1.79. The van der Waals surface area contributed by atoms with Gasteiger partial charge in [-0.3, -0.25) is 4.99 Å². The van der Waals surface area contributed by atoms with Gasteiger partial charge in [0.15, 0.2) is 5.96 Å². The van der Waals surface area contributed by atoms with E-state index in [1.54, 1.807) is 13.2 Å². The Morgan fingerprint density at radius 3 is 2.58 bits per heavy atom. The molecule has 2 N–H and O–H groups in total. The molecular formula is C19H30IN5O. The van der Waals surface area contributed by atoms with E-state index in [0.717, 1.165) is 50.8 Å². The Hall–Kier alpha value is -1.61. The average molecular weight is 471 g/mol. The number of aliphatic imine (C=N–C) groups is 1. The first kappa shape index (κ1) is 22.4. The van der Waals surface area contributed by atoms with Crippen molar-refractivity contribution in [3.8, 4) is 5.69 Å². The van der Waals surface area contributed by atoms with Crippen LogP contribution in [-0.4, -0.2) is 42.5 Å². The highest BCUT2D eigenvalue weighted by atomic mass is 127. The van der Waals surface area contributed by atoms with Gasteiger partial charge in [-0.15, -0.1) is 24.0 Å². The van der Waals surface area contributed by atoms with Crippen molar-refractivity contribution in [2.45, 2.75) is 32.7 Å². The Labute approximate surface area is 173 Å². The standard InChI is InChI=1S/C19H29N5O.HI/c1-3-4-14-25-15-6-11-21-19(20-2)22-16-17-7-9-18(10-8-17)24-13-5-12-23-24;/h5,7-10,12-13H,3-4,6,11,14-16H2,1-2H3,(H2,20,21,22);1H. The van der Waals surface area contributed by atoms with Crippen LogP contribution in [0.5, 0.6) is 0 Å². The maximum atomic E-state index is 5.55. The molecule has 0 aliphatic carbocycles. The molecule has 7 heteroatoms. The number of nitrogens with one attached hydrogen (secondary N) is 2. The first-order chi connectivity index (χ1) is 12.3. The number of hydrogen-bond acceptors (Lipinski definition) is 3. The minimum Gasteiger partial charge on any atom is -0.381 e. The molecule has 26 heavy (non-hydrogen) atoms. The van der Waals surface area contributed by atoms with Crippen molar-refractivity contribution in [1.82, 2.24) is 20.4 Å². The van der Waals surface area contributed by atoms with Crippen LogP contribution in [0.25, 0.3) is 5.69 Å². The van der Waals surface area contributed by atoms with Gasteiger partial charge in [0.2, 0.25) is 0 Å². The molecule has 0 radical (unpaired) electrons. The number of ether oxygens (including phenoxy) is 1. The molecule has 2 rings (SSSR count). The van der Waals surface area contributed by atoms with Crippen molar-refractivity contribution >= 4 is 29.9 Å². The second-order valence-corrected chi connectivity index (χ2v) is 5.79. The highest BCUT2D eigenvalue weighted by molar-refractivity contribution is 14.0. The molecule has 1 heterocycles. The van der Waals surface area contributed by atoms with Crippen molar-refractivity contribution in [3.05, 3.63) is 48.3 Å². The number of unbranched alkanes of at least 4 members (excludes halogenated alkanes) is 1. The van der Waals surface area contributed by atoms with Crippen LogP contribution < -0.4 is 10.6 Å². The molecule has 0 aliphatic heterocycles. The van der Waals surface area contributed by atoms with E-state index in [4.69, 9.17) is 4.74 Å². The normalized spacial score (nSPS) is 11.1. The van der Waals surface area contributed by atoms with E-state index < -0.39 is 0 Å². The molecule has 0 saturated heterocycles. The summed E-state index contributed by atoms with van der Waals surface area (Å²) in [4.78, 5) is 4.25. The smallest absolute Gasteiger partial charge is 0.191 e. The van der Waals surface area contributed by atoms with Crippen LogP contribution in [0.1, 0.15) is 31.7 Å². The molecule has 0 amide bonds. The van der Waals surface area contributed by atoms with Crippen LogP contribution in [0, 0.1) is 0 Å². The predicted molar refractivity (Wildman–Crippen MR) is 118 cm³/mol. The van der Waals surface area contributed by atoms with Gasteiger partial charge in [0.05, 0.1) is 5.69 Å². The number of aromatic nitrogens is 2. The van der Waals surface area contributed by atoms with E-state index in [1.165, 1.54) is 12.0 Å². The van der Waals surface area contributed by atoms with Gasteiger partial charge in [0, 0.05) is 45.7 Å². The van der Waals surface area contributed by atoms with Crippen LogP contribution >= 0.6 is 24.0 Å². The van der Waals surface area contributed by atoms with Crippen molar-refractivity contribution < 1.29 is 4.74 Å². The second kappa shape index (κ2) is 13.6. The van der Waals surface area contributed by atoms with E-state index >= 15 is 0 Å². The maximum Gasteiger partial charge on any atom is 0.191 e. The molecular weight excluding hydrogens is 441 g/mol. The third-order valence-electron chi connectivity index (χ3n) is 3.79. The lowest BCUT2D eigenvalue weighted by atomic mass is 10.2. The van der Waals surface area contributed by atoms with E-state index in [2.05, 4.69) is 51.9 Å². The number of rotatable bonds is 10. The van der Waals surface area contributed by atoms with E-state index in [9.17, 15) is 0 Å². The molecule has 0 saturated carbocycles. The van der Waals surface area contributed by atoms with E-state index in [-0.39, 0.29) is 24.0 Å². The predicted octanol–water partition coefficient (Wildman–Crippen LogP) is 3.36. The summed E-state index contributed by atoms with van der Waals surface area (Å²) in [6, 6.07) is 10.2. The van der Waals surface area contributed by atoms with Gasteiger partial charge in [0.1, 0.15) is 0 Å². The highest BCUT2D eigenvalue weighted by Gasteiger charge is 2.00. The Balaban J connectivity index is 0.00000338. The SMILES string of the molecule is CCCCOCCCNC(=NC)NCc1ccc(-n2cccn2)cc1.I. The molecule has 1 aromatic heterocycles. The zero-order chi connectivity index (χ0) is 17.7. The lowest BCUT2D eigenvalue weighted by molar-refractivity contribution is 0.129. The largest absolute Gasteiger partial charge is 0.381 e. The molecule has 1 aromatic carbocycles. The number of nitrogens with zero attached hydrogens (tertiary/aromatic N) is 3. The fraction of sp³-hybridized carbons (Fsp3) is 0.474. The summed E-state index contributed by atoms with van der Waals surface area (Å²) in [5.41, 5.74) is 2.25. The van der Waals surface area contributed by atoms with Gasteiger partial charge < -0.3 is 15.4 Å². The van der Waals surface area contributed by atoms with Gasteiger partial charge in [-0.2, -0.15) is 5.10 Å². The quantitative estimate of drug-likeness (QED) is 0.242. The molecule has 0 unspecified atom stereocenters. The Bertz CT molecular complexity index is 613. The lowest BCUT2D eigenvalue weighted by Crippen LogP contribution is -2.37. The topological polar surface area (TPSA) is 63.5 Å². The van der Waals surface area contributed by atoms with Gasteiger partial charge in [-0.05, 0) is 36.6 Å². The number of benzene rings is 1. The van der Waals surface area contributed by atoms with Crippen LogP contribution in [-0.2, 0) is 11.3 Å². The summed E-state index contributed by atoms with van der Waals surface area (Å²) in [5.74, 6) is 0.810. The highest BCUT2D eigenvalue weighted by Crippen LogP contribution is 2.08. The second-order valence-electron chi connectivity index (χ2n) is 5.79.